The van der Waals surface area contributed by atoms with Crippen molar-refractivity contribution in [2.24, 2.45) is 5.73 Å². The van der Waals surface area contributed by atoms with E-state index in [1.54, 1.807) is 0 Å². The fourth-order valence-electron chi connectivity index (χ4n) is 1.93. The molecule has 0 aliphatic heterocycles. The first-order valence-corrected chi connectivity index (χ1v) is 4.60. The van der Waals surface area contributed by atoms with Gasteiger partial charge in [-0.25, -0.2) is 4.79 Å². The SMILES string of the molecule is CCc1nc(=O)[nH]c2c1C(N)CC2. The first-order valence-electron chi connectivity index (χ1n) is 4.60. The first-order chi connectivity index (χ1) is 6.22. The number of H-pyrrole nitrogens is 1. The van der Waals surface area contributed by atoms with E-state index in [0.717, 1.165) is 36.2 Å². The first kappa shape index (κ1) is 8.44. The van der Waals surface area contributed by atoms with Gasteiger partial charge in [-0.05, 0) is 19.3 Å². The molecule has 1 aromatic rings. The Kier molecular flexibility index (Phi) is 1.92. The Morgan fingerprint density at radius 2 is 2.46 bits per heavy atom. The number of fused-ring (bicyclic) bond motifs is 1. The van der Waals surface area contributed by atoms with E-state index in [4.69, 9.17) is 5.73 Å². The molecule has 3 N–H and O–H groups in total. The van der Waals surface area contributed by atoms with E-state index in [2.05, 4.69) is 9.97 Å². The van der Waals surface area contributed by atoms with Crippen LogP contribution in [0, 0.1) is 0 Å². The number of nitrogens with zero attached hydrogens (tertiary/aromatic N) is 1. The van der Waals surface area contributed by atoms with Crippen molar-refractivity contribution in [1.29, 1.82) is 0 Å². The van der Waals surface area contributed by atoms with Crippen LogP contribution in [0.2, 0.25) is 0 Å². The summed E-state index contributed by atoms with van der Waals surface area (Å²) in [5, 5.41) is 0. The lowest BCUT2D eigenvalue weighted by atomic mass is 10.1. The summed E-state index contributed by atoms with van der Waals surface area (Å²) in [7, 11) is 0. The van der Waals surface area contributed by atoms with Crippen LogP contribution in [-0.4, -0.2) is 9.97 Å². The highest BCUT2D eigenvalue weighted by Crippen LogP contribution is 2.28. The maximum Gasteiger partial charge on any atom is 0.345 e. The third-order valence-electron chi connectivity index (χ3n) is 2.54. The largest absolute Gasteiger partial charge is 0.345 e. The fourth-order valence-corrected chi connectivity index (χ4v) is 1.93. The van der Waals surface area contributed by atoms with Crippen molar-refractivity contribution in [3.63, 3.8) is 0 Å². The van der Waals surface area contributed by atoms with Crippen molar-refractivity contribution < 1.29 is 0 Å². The van der Waals surface area contributed by atoms with Gasteiger partial charge in [0, 0.05) is 17.3 Å². The molecule has 1 atom stereocenters. The van der Waals surface area contributed by atoms with E-state index in [1.165, 1.54) is 0 Å². The van der Waals surface area contributed by atoms with Gasteiger partial charge in [0.05, 0.1) is 5.69 Å². The van der Waals surface area contributed by atoms with Crippen molar-refractivity contribution in [2.45, 2.75) is 32.2 Å². The number of rotatable bonds is 1. The molecular weight excluding hydrogens is 166 g/mol. The Balaban J connectivity index is 2.64. The monoisotopic (exact) mass is 179 g/mol. The van der Waals surface area contributed by atoms with Crippen LogP contribution in [0.1, 0.15) is 36.3 Å². The van der Waals surface area contributed by atoms with Crippen LogP contribution in [-0.2, 0) is 12.8 Å². The van der Waals surface area contributed by atoms with E-state index < -0.39 is 0 Å². The quantitative estimate of drug-likeness (QED) is 0.650. The van der Waals surface area contributed by atoms with E-state index in [-0.39, 0.29) is 11.7 Å². The van der Waals surface area contributed by atoms with Crippen LogP contribution in [0.15, 0.2) is 4.79 Å². The standard InChI is InChI=1S/C9H13N3O/c1-2-6-8-5(10)3-4-7(8)12-9(13)11-6/h5H,2-4,10H2,1H3,(H,11,12,13). The Morgan fingerprint density at radius 3 is 3.15 bits per heavy atom. The number of nitrogens with two attached hydrogens (primary N) is 1. The lowest BCUT2D eigenvalue weighted by Gasteiger charge is -2.08. The highest BCUT2D eigenvalue weighted by molar-refractivity contribution is 5.32. The fraction of sp³-hybridized carbons (Fsp3) is 0.556. The van der Waals surface area contributed by atoms with Gasteiger partial charge < -0.3 is 10.7 Å². The summed E-state index contributed by atoms with van der Waals surface area (Å²) in [6.45, 7) is 1.99. The Morgan fingerprint density at radius 1 is 1.69 bits per heavy atom. The molecule has 0 saturated heterocycles. The Labute approximate surface area is 76.2 Å². The molecule has 1 unspecified atom stereocenters. The molecule has 0 fully saturated rings. The van der Waals surface area contributed by atoms with Crippen molar-refractivity contribution in [1.82, 2.24) is 9.97 Å². The van der Waals surface area contributed by atoms with Crippen LogP contribution >= 0.6 is 0 Å². The van der Waals surface area contributed by atoms with Crippen LogP contribution in [0.25, 0.3) is 0 Å². The topological polar surface area (TPSA) is 71.8 Å². The zero-order valence-corrected chi connectivity index (χ0v) is 7.63. The molecule has 13 heavy (non-hydrogen) atoms. The Bertz CT molecular complexity index is 383. The zero-order chi connectivity index (χ0) is 9.42. The molecule has 0 saturated carbocycles. The molecule has 1 aromatic heterocycles. The minimum absolute atomic E-state index is 0.0642. The molecule has 4 heteroatoms. The number of aromatic amines is 1. The van der Waals surface area contributed by atoms with E-state index in [1.807, 2.05) is 6.92 Å². The molecular formula is C9H13N3O. The predicted octanol–water partition coefficient (Wildman–Crippen LogP) is 0.278. The van der Waals surface area contributed by atoms with Crippen molar-refractivity contribution in [2.75, 3.05) is 0 Å². The second-order valence-electron chi connectivity index (χ2n) is 3.38. The zero-order valence-electron chi connectivity index (χ0n) is 7.63. The van der Waals surface area contributed by atoms with Crippen LogP contribution in [0.4, 0.5) is 0 Å². The minimum Gasteiger partial charge on any atom is -0.324 e. The number of nitrogens with one attached hydrogen (secondary N) is 1. The third-order valence-corrected chi connectivity index (χ3v) is 2.54. The van der Waals surface area contributed by atoms with E-state index >= 15 is 0 Å². The van der Waals surface area contributed by atoms with Gasteiger partial charge in [-0.3, -0.25) is 0 Å². The predicted molar refractivity (Wildman–Crippen MR) is 49.5 cm³/mol. The summed E-state index contributed by atoms with van der Waals surface area (Å²) in [5.74, 6) is 0. The minimum atomic E-state index is -0.246. The number of aromatic nitrogens is 2. The maximum atomic E-state index is 11.1. The molecule has 0 spiro atoms. The summed E-state index contributed by atoms with van der Waals surface area (Å²) in [4.78, 5) is 17.8. The summed E-state index contributed by atoms with van der Waals surface area (Å²) in [6, 6.07) is 0.0642. The van der Waals surface area contributed by atoms with Crippen LogP contribution in [0.5, 0.6) is 0 Å². The summed E-state index contributed by atoms with van der Waals surface area (Å²) in [6.07, 6.45) is 2.57. The summed E-state index contributed by atoms with van der Waals surface area (Å²) >= 11 is 0. The maximum absolute atomic E-state index is 11.1. The second kappa shape index (κ2) is 2.96. The van der Waals surface area contributed by atoms with Gasteiger partial charge in [0.25, 0.3) is 0 Å². The lowest BCUT2D eigenvalue weighted by Crippen LogP contribution is -2.19. The molecule has 2 rings (SSSR count). The number of hydrogen-bond acceptors (Lipinski definition) is 3. The molecule has 1 aliphatic carbocycles. The van der Waals surface area contributed by atoms with E-state index in [9.17, 15) is 4.79 Å². The van der Waals surface area contributed by atoms with Gasteiger partial charge in [0.1, 0.15) is 0 Å². The Hall–Kier alpha value is -1.16. The molecule has 0 radical (unpaired) electrons. The van der Waals surface area contributed by atoms with Gasteiger partial charge in [-0.2, -0.15) is 4.98 Å². The summed E-state index contributed by atoms with van der Waals surface area (Å²) in [5.41, 5.74) is 8.59. The van der Waals surface area contributed by atoms with Gasteiger partial charge >= 0.3 is 5.69 Å². The van der Waals surface area contributed by atoms with Crippen LogP contribution < -0.4 is 11.4 Å². The molecule has 0 aromatic carbocycles. The second-order valence-corrected chi connectivity index (χ2v) is 3.38. The van der Waals surface area contributed by atoms with Crippen molar-refractivity contribution >= 4 is 0 Å². The summed E-state index contributed by atoms with van der Waals surface area (Å²) < 4.78 is 0. The molecule has 4 nitrogen and oxygen atoms in total. The molecule has 0 amide bonds. The molecule has 70 valence electrons. The highest BCUT2D eigenvalue weighted by Gasteiger charge is 2.23. The van der Waals surface area contributed by atoms with Gasteiger partial charge in [0.2, 0.25) is 0 Å². The molecule has 1 heterocycles. The average molecular weight is 179 g/mol. The highest BCUT2D eigenvalue weighted by atomic mass is 16.1. The number of hydrogen-bond donors (Lipinski definition) is 2. The van der Waals surface area contributed by atoms with Gasteiger partial charge in [-0.1, -0.05) is 6.92 Å². The van der Waals surface area contributed by atoms with Crippen molar-refractivity contribution in [3.8, 4) is 0 Å². The van der Waals surface area contributed by atoms with Crippen LogP contribution in [0.3, 0.4) is 0 Å². The van der Waals surface area contributed by atoms with Gasteiger partial charge in [0.15, 0.2) is 0 Å². The molecule has 0 bridgehead atoms. The lowest BCUT2D eigenvalue weighted by molar-refractivity contribution is 0.703. The smallest absolute Gasteiger partial charge is 0.324 e. The normalized spacial score (nSPS) is 20.3. The third kappa shape index (κ3) is 1.27. The van der Waals surface area contributed by atoms with Crippen molar-refractivity contribution in [3.05, 3.63) is 27.4 Å². The average Bonchev–Trinajstić information content (AvgIpc) is 2.46. The number of aryl methyl sites for hydroxylation is 2. The van der Waals surface area contributed by atoms with Gasteiger partial charge in [-0.15, -0.1) is 0 Å². The van der Waals surface area contributed by atoms with E-state index in [0.29, 0.717) is 0 Å². The molecule has 1 aliphatic rings.